The number of halogens is 2. The van der Waals surface area contributed by atoms with Crippen LogP contribution in [0.4, 0.5) is 10.1 Å². The smallest absolute Gasteiger partial charge is 0.258 e. The van der Waals surface area contributed by atoms with E-state index in [0.717, 1.165) is 0 Å². The molecule has 0 N–H and O–H groups in total. The molecular weight excluding hydrogens is 269 g/mol. The molecule has 0 saturated carbocycles. The normalized spacial score (nSPS) is 10.8. The third kappa shape index (κ3) is 3.39. The van der Waals surface area contributed by atoms with Crippen molar-refractivity contribution < 1.29 is 9.31 Å². The zero-order valence-electron chi connectivity index (χ0n) is 9.72. The van der Waals surface area contributed by atoms with Crippen molar-refractivity contribution in [2.75, 3.05) is 0 Å². The highest BCUT2D eigenvalue weighted by Crippen LogP contribution is 2.25. The van der Waals surface area contributed by atoms with Gasteiger partial charge in [0, 0.05) is 6.07 Å². The molecule has 0 fully saturated rings. The Balaban J connectivity index is 2.29. The van der Waals surface area contributed by atoms with Crippen LogP contribution in [0.5, 0.6) is 0 Å². The lowest BCUT2D eigenvalue weighted by Gasteiger charge is -1.98. The number of hydrogen-bond acceptors (Lipinski definition) is 2. The number of nitro benzene ring substituents is 1. The van der Waals surface area contributed by atoms with Crippen molar-refractivity contribution >= 4 is 29.4 Å². The first-order chi connectivity index (χ1) is 9.06. The topological polar surface area (TPSA) is 43.1 Å². The minimum absolute atomic E-state index is 0.0907. The first-order valence-corrected chi connectivity index (χ1v) is 5.81. The number of nitro groups is 1. The van der Waals surface area contributed by atoms with Gasteiger partial charge in [0.1, 0.15) is 10.8 Å². The zero-order chi connectivity index (χ0) is 13.8. The van der Waals surface area contributed by atoms with Gasteiger partial charge in [-0.3, -0.25) is 10.1 Å². The van der Waals surface area contributed by atoms with Crippen LogP contribution in [0.25, 0.3) is 12.2 Å². The van der Waals surface area contributed by atoms with Crippen molar-refractivity contribution in [3.8, 4) is 0 Å². The van der Waals surface area contributed by atoms with Crippen LogP contribution >= 0.6 is 11.6 Å². The summed E-state index contributed by atoms with van der Waals surface area (Å²) in [7, 11) is 0. The second-order valence-corrected chi connectivity index (χ2v) is 4.26. The Labute approximate surface area is 114 Å². The van der Waals surface area contributed by atoms with E-state index >= 15 is 0 Å². The molecule has 5 heteroatoms. The van der Waals surface area contributed by atoms with Crippen LogP contribution in [0.2, 0.25) is 5.02 Å². The maximum atomic E-state index is 13.0. The van der Waals surface area contributed by atoms with Crippen molar-refractivity contribution in [3.63, 3.8) is 0 Å². The summed E-state index contributed by atoms with van der Waals surface area (Å²) in [5.41, 5.74) is 1.15. The largest absolute Gasteiger partial charge is 0.288 e. The van der Waals surface area contributed by atoms with E-state index in [0.29, 0.717) is 11.1 Å². The second-order valence-electron chi connectivity index (χ2n) is 3.86. The summed E-state index contributed by atoms with van der Waals surface area (Å²) < 4.78 is 13.0. The summed E-state index contributed by atoms with van der Waals surface area (Å²) in [5.74, 6) is -0.329. The van der Waals surface area contributed by atoms with E-state index in [-0.39, 0.29) is 16.5 Å². The Bertz CT molecular complexity index is 656. The molecule has 0 aliphatic heterocycles. The highest BCUT2D eigenvalue weighted by Gasteiger charge is 2.11. The fraction of sp³-hybridized carbons (Fsp3) is 0. The Morgan fingerprint density at radius 1 is 1.11 bits per heavy atom. The molecular formula is C14H9ClFNO2. The molecule has 2 rings (SSSR count). The van der Waals surface area contributed by atoms with E-state index in [4.69, 9.17) is 11.6 Å². The minimum atomic E-state index is -0.540. The number of benzene rings is 2. The van der Waals surface area contributed by atoms with Gasteiger partial charge in [0.15, 0.2) is 0 Å². The number of hydrogen-bond donors (Lipinski definition) is 0. The van der Waals surface area contributed by atoms with Crippen LogP contribution in [-0.4, -0.2) is 4.92 Å². The first kappa shape index (κ1) is 13.2. The van der Waals surface area contributed by atoms with E-state index in [1.165, 1.54) is 24.3 Å². The average Bonchev–Trinajstić information content (AvgIpc) is 2.37. The Morgan fingerprint density at radius 3 is 2.42 bits per heavy atom. The summed E-state index contributed by atoms with van der Waals surface area (Å²) in [4.78, 5) is 10.2. The number of nitrogens with zero attached hydrogens (tertiary/aromatic N) is 1. The van der Waals surface area contributed by atoms with Gasteiger partial charge in [-0.15, -0.1) is 0 Å². The van der Waals surface area contributed by atoms with E-state index in [1.807, 2.05) is 0 Å². The molecule has 0 radical (unpaired) electrons. The summed E-state index contributed by atoms with van der Waals surface area (Å²) >= 11 is 5.71. The Morgan fingerprint density at radius 2 is 1.79 bits per heavy atom. The van der Waals surface area contributed by atoms with Crippen LogP contribution in [0, 0.1) is 15.9 Å². The molecule has 0 aromatic heterocycles. The summed E-state index contributed by atoms with van der Waals surface area (Å²) in [6.07, 6.45) is 3.34. The molecule has 2 aromatic rings. The maximum absolute atomic E-state index is 13.0. The minimum Gasteiger partial charge on any atom is -0.258 e. The fourth-order valence-electron chi connectivity index (χ4n) is 1.58. The molecule has 19 heavy (non-hydrogen) atoms. The van der Waals surface area contributed by atoms with Crippen molar-refractivity contribution in [2.45, 2.75) is 0 Å². The van der Waals surface area contributed by atoms with Gasteiger partial charge < -0.3 is 0 Å². The van der Waals surface area contributed by atoms with Crippen molar-refractivity contribution in [1.29, 1.82) is 0 Å². The third-order valence-corrected chi connectivity index (χ3v) is 2.80. The second kappa shape index (κ2) is 5.63. The van der Waals surface area contributed by atoms with Crippen LogP contribution in [0.15, 0.2) is 42.5 Å². The van der Waals surface area contributed by atoms with Gasteiger partial charge in [-0.25, -0.2) is 4.39 Å². The molecule has 0 amide bonds. The Hall–Kier alpha value is -2.20. The molecule has 3 nitrogen and oxygen atoms in total. The van der Waals surface area contributed by atoms with Gasteiger partial charge in [0.05, 0.1) is 4.92 Å². The molecule has 2 aromatic carbocycles. The van der Waals surface area contributed by atoms with Gasteiger partial charge in [-0.1, -0.05) is 42.0 Å². The lowest BCUT2D eigenvalue weighted by atomic mass is 10.1. The monoisotopic (exact) mass is 277 g/mol. The van der Waals surface area contributed by atoms with E-state index in [2.05, 4.69) is 0 Å². The number of rotatable bonds is 3. The van der Waals surface area contributed by atoms with Crippen molar-refractivity contribution in [1.82, 2.24) is 0 Å². The van der Waals surface area contributed by atoms with E-state index in [1.54, 1.807) is 30.4 Å². The summed E-state index contributed by atoms with van der Waals surface area (Å²) in [5, 5.41) is 10.8. The molecule has 0 aliphatic carbocycles. The quantitative estimate of drug-likeness (QED) is 0.469. The average molecular weight is 278 g/mol. The summed E-state index contributed by atoms with van der Waals surface area (Å²) in [6.45, 7) is 0. The van der Waals surface area contributed by atoms with E-state index < -0.39 is 4.92 Å². The predicted molar refractivity (Wildman–Crippen MR) is 73.4 cm³/mol. The predicted octanol–water partition coefficient (Wildman–Crippen LogP) is 4.56. The van der Waals surface area contributed by atoms with Crippen LogP contribution in [0.3, 0.4) is 0 Å². The van der Waals surface area contributed by atoms with Crippen LogP contribution in [-0.2, 0) is 0 Å². The highest BCUT2D eigenvalue weighted by molar-refractivity contribution is 6.32. The lowest BCUT2D eigenvalue weighted by Crippen LogP contribution is -1.89. The van der Waals surface area contributed by atoms with Gasteiger partial charge in [-0.05, 0) is 29.3 Å². The van der Waals surface area contributed by atoms with Gasteiger partial charge >= 0.3 is 0 Å². The maximum Gasteiger partial charge on any atom is 0.288 e. The standard InChI is InChI=1S/C14H9ClFNO2/c15-13-7-6-11(9-14(13)17(18)19)5-4-10-2-1-3-12(16)8-10/h1-9H/b5-4+. The summed E-state index contributed by atoms with van der Waals surface area (Å²) in [6, 6.07) is 10.6. The molecule has 96 valence electrons. The zero-order valence-corrected chi connectivity index (χ0v) is 10.5. The first-order valence-electron chi connectivity index (χ1n) is 5.44. The third-order valence-electron chi connectivity index (χ3n) is 2.48. The molecule has 0 spiro atoms. The van der Waals surface area contributed by atoms with Crippen molar-refractivity contribution in [3.05, 3.63) is 74.5 Å². The van der Waals surface area contributed by atoms with Gasteiger partial charge in [0.2, 0.25) is 0 Å². The molecule has 0 bridgehead atoms. The van der Waals surface area contributed by atoms with Crippen LogP contribution < -0.4 is 0 Å². The lowest BCUT2D eigenvalue weighted by molar-refractivity contribution is -0.384. The van der Waals surface area contributed by atoms with Crippen LogP contribution in [0.1, 0.15) is 11.1 Å². The molecule has 0 atom stereocenters. The molecule has 0 saturated heterocycles. The SMILES string of the molecule is O=[N+]([O-])c1cc(/C=C/c2cccc(F)c2)ccc1Cl. The van der Waals surface area contributed by atoms with Gasteiger partial charge in [-0.2, -0.15) is 0 Å². The van der Waals surface area contributed by atoms with Gasteiger partial charge in [0.25, 0.3) is 5.69 Å². The molecule has 0 heterocycles. The molecule has 0 unspecified atom stereocenters. The highest BCUT2D eigenvalue weighted by atomic mass is 35.5. The Kier molecular flexibility index (Phi) is 3.92. The van der Waals surface area contributed by atoms with E-state index in [9.17, 15) is 14.5 Å². The van der Waals surface area contributed by atoms with Crippen molar-refractivity contribution in [2.24, 2.45) is 0 Å². The fourth-order valence-corrected chi connectivity index (χ4v) is 1.76. The molecule has 0 aliphatic rings.